The molecule has 0 saturated carbocycles. The third kappa shape index (κ3) is 2.35. The fourth-order valence-electron chi connectivity index (χ4n) is 2.20. The molecule has 2 aromatic rings. The third-order valence-corrected chi connectivity index (χ3v) is 3.24. The van der Waals surface area contributed by atoms with Gasteiger partial charge in [0.05, 0.1) is 13.2 Å². The summed E-state index contributed by atoms with van der Waals surface area (Å²) in [6, 6.07) is 9.78. The van der Waals surface area contributed by atoms with Crippen LogP contribution in [0.5, 0.6) is 0 Å². The standard InChI is InChI=1S/C13H14N4O3/c14-12-11(15-20-16-12)13(18)17-6-7-19-10(8-17)9-4-2-1-3-5-9/h1-5,10H,6-8H2,(H2,14,16). The van der Waals surface area contributed by atoms with E-state index in [0.717, 1.165) is 5.56 Å². The van der Waals surface area contributed by atoms with E-state index in [4.69, 9.17) is 10.5 Å². The van der Waals surface area contributed by atoms with Gasteiger partial charge in [-0.05, 0) is 15.9 Å². The van der Waals surface area contributed by atoms with E-state index in [1.165, 1.54) is 0 Å². The topological polar surface area (TPSA) is 94.5 Å². The number of nitrogen functional groups attached to an aromatic ring is 1. The minimum Gasteiger partial charge on any atom is -0.379 e. The maximum atomic E-state index is 12.3. The maximum absolute atomic E-state index is 12.3. The predicted octanol–water partition coefficient (Wildman–Crippen LogP) is 0.865. The molecule has 20 heavy (non-hydrogen) atoms. The number of nitrogens with two attached hydrogens (primary N) is 1. The summed E-state index contributed by atoms with van der Waals surface area (Å²) in [5.41, 5.74) is 6.64. The van der Waals surface area contributed by atoms with Crippen molar-refractivity contribution in [3.8, 4) is 0 Å². The highest BCUT2D eigenvalue weighted by atomic mass is 16.6. The fraction of sp³-hybridized carbons (Fsp3) is 0.308. The molecule has 1 fully saturated rings. The normalized spacial score (nSPS) is 19.0. The first-order valence-corrected chi connectivity index (χ1v) is 6.29. The Hall–Kier alpha value is -2.41. The van der Waals surface area contributed by atoms with Gasteiger partial charge in [-0.3, -0.25) is 4.79 Å². The van der Waals surface area contributed by atoms with Gasteiger partial charge in [0.25, 0.3) is 5.91 Å². The Bertz CT molecular complexity index is 599. The Balaban J connectivity index is 1.76. The molecule has 1 saturated heterocycles. The Morgan fingerprint density at radius 1 is 1.30 bits per heavy atom. The first-order chi connectivity index (χ1) is 9.75. The summed E-state index contributed by atoms with van der Waals surface area (Å²) >= 11 is 0. The molecule has 0 aliphatic carbocycles. The van der Waals surface area contributed by atoms with E-state index < -0.39 is 0 Å². The quantitative estimate of drug-likeness (QED) is 0.873. The number of anilines is 1. The number of hydrogen-bond donors (Lipinski definition) is 1. The van der Waals surface area contributed by atoms with Crippen molar-refractivity contribution >= 4 is 11.7 Å². The van der Waals surface area contributed by atoms with E-state index in [-0.39, 0.29) is 23.5 Å². The van der Waals surface area contributed by atoms with Crippen molar-refractivity contribution in [3.63, 3.8) is 0 Å². The smallest absolute Gasteiger partial charge is 0.280 e. The molecule has 2 heterocycles. The molecular formula is C13H14N4O3. The van der Waals surface area contributed by atoms with Crippen LogP contribution in [0.3, 0.4) is 0 Å². The number of carbonyl (C=O) groups is 1. The van der Waals surface area contributed by atoms with Gasteiger partial charge < -0.3 is 15.4 Å². The van der Waals surface area contributed by atoms with Gasteiger partial charge in [0.15, 0.2) is 0 Å². The van der Waals surface area contributed by atoms with E-state index in [1.54, 1.807) is 4.90 Å². The lowest BCUT2D eigenvalue weighted by Crippen LogP contribution is -2.42. The molecule has 7 nitrogen and oxygen atoms in total. The zero-order valence-electron chi connectivity index (χ0n) is 10.7. The second-order valence-corrected chi connectivity index (χ2v) is 4.52. The molecule has 0 radical (unpaired) electrons. The first kappa shape index (κ1) is 12.6. The summed E-state index contributed by atoms with van der Waals surface area (Å²) in [6.45, 7) is 1.42. The van der Waals surface area contributed by atoms with Crippen molar-refractivity contribution < 1.29 is 14.2 Å². The van der Waals surface area contributed by atoms with Crippen LogP contribution in [-0.2, 0) is 4.74 Å². The number of carbonyl (C=O) groups excluding carboxylic acids is 1. The summed E-state index contributed by atoms with van der Waals surface area (Å²) < 4.78 is 10.2. The fourth-order valence-corrected chi connectivity index (χ4v) is 2.20. The average molecular weight is 274 g/mol. The molecule has 1 aromatic carbocycles. The molecule has 1 amide bonds. The molecule has 1 aromatic heterocycles. The molecule has 1 aliphatic heterocycles. The van der Waals surface area contributed by atoms with Crippen molar-refractivity contribution in [1.82, 2.24) is 15.2 Å². The van der Waals surface area contributed by atoms with Gasteiger partial charge in [-0.2, -0.15) is 0 Å². The highest BCUT2D eigenvalue weighted by Gasteiger charge is 2.29. The zero-order valence-corrected chi connectivity index (χ0v) is 10.7. The van der Waals surface area contributed by atoms with Gasteiger partial charge in [0.2, 0.25) is 11.5 Å². The van der Waals surface area contributed by atoms with Crippen molar-refractivity contribution in [2.75, 3.05) is 25.4 Å². The summed E-state index contributed by atoms with van der Waals surface area (Å²) in [5, 5.41) is 6.97. The molecule has 1 aliphatic rings. The van der Waals surface area contributed by atoms with Gasteiger partial charge in [-0.25, -0.2) is 4.63 Å². The molecule has 3 rings (SSSR count). The molecule has 1 atom stereocenters. The SMILES string of the molecule is Nc1nonc1C(=O)N1CCOC(c2ccccc2)C1. The van der Waals surface area contributed by atoms with Crippen LogP contribution in [0.1, 0.15) is 22.2 Å². The second kappa shape index (κ2) is 5.30. The second-order valence-electron chi connectivity index (χ2n) is 4.52. The van der Waals surface area contributed by atoms with Crippen LogP contribution < -0.4 is 5.73 Å². The number of ether oxygens (including phenoxy) is 1. The molecule has 0 bridgehead atoms. The van der Waals surface area contributed by atoms with Crippen molar-refractivity contribution in [1.29, 1.82) is 0 Å². The number of rotatable bonds is 2. The zero-order chi connectivity index (χ0) is 13.9. The van der Waals surface area contributed by atoms with E-state index in [1.807, 2.05) is 30.3 Å². The number of aromatic nitrogens is 2. The summed E-state index contributed by atoms with van der Waals surface area (Å²) in [6.07, 6.45) is -0.144. The Morgan fingerprint density at radius 3 is 2.80 bits per heavy atom. The van der Waals surface area contributed by atoms with E-state index in [2.05, 4.69) is 14.9 Å². The minimum absolute atomic E-state index is 0.0118. The highest BCUT2D eigenvalue weighted by Crippen LogP contribution is 2.23. The third-order valence-electron chi connectivity index (χ3n) is 3.24. The van der Waals surface area contributed by atoms with Crippen molar-refractivity contribution in [2.45, 2.75) is 6.10 Å². The number of morpholine rings is 1. The maximum Gasteiger partial charge on any atom is 0.280 e. The Kier molecular flexibility index (Phi) is 3.34. The minimum atomic E-state index is -0.284. The lowest BCUT2D eigenvalue weighted by Gasteiger charge is -2.32. The highest BCUT2D eigenvalue weighted by molar-refractivity contribution is 5.96. The summed E-state index contributed by atoms with van der Waals surface area (Å²) in [5.74, 6) is -0.272. The monoisotopic (exact) mass is 274 g/mol. The van der Waals surface area contributed by atoms with Crippen LogP contribution in [0, 0.1) is 0 Å². The molecule has 0 spiro atoms. The lowest BCUT2D eigenvalue weighted by molar-refractivity contribution is -0.0231. The van der Waals surface area contributed by atoms with Gasteiger partial charge in [0.1, 0.15) is 6.10 Å². The summed E-state index contributed by atoms with van der Waals surface area (Å²) in [4.78, 5) is 13.9. The van der Waals surface area contributed by atoms with Crippen molar-refractivity contribution in [2.24, 2.45) is 0 Å². The molecule has 7 heteroatoms. The largest absolute Gasteiger partial charge is 0.379 e. The average Bonchev–Trinajstić information content (AvgIpc) is 2.94. The van der Waals surface area contributed by atoms with Crippen molar-refractivity contribution in [3.05, 3.63) is 41.6 Å². The molecule has 1 unspecified atom stereocenters. The molecular weight excluding hydrogens is 260 g/mol. The summed E-state index contributed by atoms with van der Waals surface area (Å²) in [7, 11) is 0. The van der Waals surface area contributed by atoms with Crippen LogP contribution >= 0.6 is 0 Å². The van der Waals surface area contributed by atoms with Gasteiger partial charge in [0, 0.05) is 6.54 Å². The Morgan fingerprint density at radius 2 is 2.10 bits per heavy atom. The van der Waals surface area contributed by atoms with E-state index >= 15 is 0 Å². The lowest BCUT2D eigenvalue weighted by atomic mass is 10.1. The number of amides is 1. The van der Waals surface area contributed by atoms with Gasteiger partial charge >= 0.3 is 0 Å². The van der Waals surface area contributed by atoms with Crippen LogP contribution in [0.4, 0.5) is 5.82 Å². The Labute approximate surface area is 115 Å². The van der Waals surface area contributed by atoms with Gasteiger partial charge in [-0.15, -0.1) is 0 Å². The van der Waals surface area contributed by atoms with E-state index in [9.17, 15) is 4.79 Å². The molecule has 2 N–H and O–H groups in total. The number of benzene rings is 1. The number of hydrogen-bond acceptors (Lipinski definition) is 6. The predicted molar refractivity (Wildman–Crippen MR) is 69.7 cm³/mol. The van der Waals surface area contributed by atoms with Crippen LogP contribution in [0.2, 0.25) is 0 Å². The number of nitrogens with zero attached hydrogens (tertiary/aromatic N) is 3. The first-order valence-electron chi connectivity index (χ1n) is 6.29. The van der Waals surface area contributed by atoms with Gasteiger partial charge in [-0.1, -0.05) is 30.3 Å². The van der Waals surface area contributed by atoms with Crippen LogP contribution in [-0.4, -0.2) is 40.8 Å². The molecule has 104 valence electrons. The van der Waals surface area contributed by atoms with E-state index in [0.29, 0.717) is 19.7 Å². The van der Waals surface area contributed by atoms with Crippen LogP contribution in [0.15, 0.2) is 35.0 Å². The van der Waals surface area contributed by atoms with Crippen LogP contribution in [0.25, 0.3) is 0 Å².